The molecule has 34 heavy (non-hydrogen) atoms. The summed E-state index contributed by atoms with van der Waals surface area (Å²) in [5.41, 5.74) is 6.95. The molecule has 0 aromatic heterocycles. The lowest BCUT2D eigenvalue weighted by Gasteiger charge is -2.11. The molecule has 176 valence electrons. The highest BCUT2D eigenvalue weighted by Gasteiger charge is 2.11. The number of carbonyl (C=O) groups excluding carboxylic acids is 3. The van der Waals surface area contributed by atoms with Gasteiger partial charge in [0.2, 0.25) is 11.8 Å². The zero-order valence-corrected chi connectivity index (χ0v) is 20.8. The van der Waals surface area contributed by atoms with E-state index in [4.69, 9.17) is 27.9 Å². The first-order valence-corrected chi connectivity index (χ1v) is 11.7. The summed E-state index contributed by atoms with van der Waals surface area (Å²) >= 11 is 15.3. The molecule has 0 spiro atoms. The monoisotopic (exact) mass is 563 g/mol. The van der Waals surface area contributed by atoms with Crippen LogP contribution in [0.5, 0.6) is 5.75 Å². The zero-order valence-electron chi connectivity index (χ0n) is 17.7. The summed E-state index contributed by atoms with van der Waals surface area (Å²) < 4.78 is 6.20. The Bertz CT molecular complexity index is 1190. The number of hydrogen-bond donors (Lipinski definition) is 3. The quantitative estimate of drug-likeness (QED) is 0.320. The molecule has 0 bridgehead atoms. The van der Waals surface area contributed by atoms with Crippen molar-refractivity contribution in [3.63, 3.8) is 0 Å². The summed E-state index contributed by atoms with van der Waals surface area (Å²) in [4.78, 5) is 35.9. The van der Waals surface area contributed by atoms with Crippen molar-refractivity contribution in [2.75, 3.05) is 11.9 Å². The Morgan fingerprint density at radius 2 is 1.50 bits per heavy atom. The predicted octanol–water partition coefficient (Wildman–Crippen LogP) is 5.37. The lowest BCUT2D eigenvalue weighted by Crippen LogP contribution is -2.44. The molecule has 3 N–H and O–H groups in total. The molecule has 0 saturated heterocycles. The Morgan fingerprint density at radius 1 is 0.794 bits per heavy atom. The van der Waals surface area contributed by atoms with Crippen LogP contribution >= 0.6 is 39.1 Å². The third-order valence-corrected chi connectivity index (χ3v) is 5.69. The molecular formula is C24H20BrCl2N3O4. The molecule has 0 unspecified atom stereocenters. The number of hydrogen-bond acceptors (Lipinski definition) is 4. The van der Waals surface area contributed by atoms with E-state index >= 15 is 0 Å². The molecule has 3 rings (SSSR count). The second kappa shape index (κ2) is 12.4. The number of halogens is 3. The molecule has 0 heterocycles. The molecule has 10 heteroatoms. The van der Waals surface area contributed by atoms with Gasteiger partial charge in [0.25, 0.3) is 5.91 Å². The number of ether oxygens (including phenoxy) is 1. The van der Waals surface area contributed by atoms with Gasteiger partial charge in [-0.05, 0) is 57.4 Å². The molecule has 3 amide bonds. The smallest absolute Gasteiger partial charge is 0.276 e. The highest BCUT2D eigenvalue weighted by molar-refractivity contribution is 9.10. The third-order valence-electron chi connectivity index (χ3n) is 4.52. The number of hydrazine groups is 1. The number of carbonyl (C=O) groups is 3. The van der Waals surface area contributed by atoms with Crippen LogP contribution in [0, 0.1) is 0 Å². The topological polar surface area (TPSA) is 96.5 Å². The number of amides is 3. The summed E-state index contributed by atoms with van der Waals surface area (Å²) in [7, 11) is 0. The Hall–Kier alpha value is -3.07. The van der Waals surface area contributed by atoms with Crippen molar-refractivity contribution in [3.8, 4) is 16.9 Å². The molecule has 0 aliphatic carbocycles. The average Bonchev–Trinajstić information content (AvgIpc) is 2.83. The van der Waals surface area contributed by atoms with E-state index in [9.17, 15) is 14.4 Å². The molecule has 7 nitrogen and oxygen atoms in total. The highest BCUT2D eigenvalue weighted by Crippen LogP contribution is 2.30. The van der Waals surface area contributed by atoms with Crippen molar-refractivity contribution in [2.45, 2.75) is 12.8 Å². The number of anilines is 1. The predicted molar refractivity (Wildman–Crippen MR) is 136 cm³/mol. The maximum absolute atomic E-state index is 12.0. The number of benzene rings is 3. The van der Waals surface area contributed by atoms with Crippen LogP contribution in [0.3, 0.4) is 0 Å². The maximum Gasteiger partial charge on any atom is 0.276 e. The van der Waals surface area contributed by atoms with Crippen LogP contribution in [0.4, 0.5) is 5.69 Å². The zero-order chi connectivity index (χ0) is 24.5. The van der Waals surface area contributed by atoms with Gasteiger partial charge >= 0.3 is 0 Å². The standard InChI is InChI=1S/C24H20BrCl2N3O4/c25-18-12-16(15-4-2-1-3-5-15)6-9-21(18)34-14-24(33)30-29-23(32)11-10-22(31)28-20-8-7-17(26)13-19(20)27/h1-9,12-13H,10-11,14H2,(H,28,31)(H,29,32)(H,30,33). The van der Waals surface area contributed by atoms with Crippen molar-refractivity contribution in [3.05, 3.63) is 81.2 Å². The van der Waals surface area contributed by atoms with Crippen LogP contribution in [0.1, 0.15) is 12.8 Å². The molecule has 0 radical (unpaired) electrons. The van der Waals surface area contributed by atoms with Crippen LogP contribution in [0.15, 0.2) is 71.2 Å². The molecule has 0 aliphatic heterocycles. The van der Waals surface area contributed by atoms with Gasteiger partial charge in [-0.1, -0.05) is 59.6 Å². The van der Waals surface area contributed by atoms with E-state index in [0.717, 1.165) is 11.1 Å². The minimum absolute atomic E-state index is 0.0993. The first kappa shape index (κ1) is 25.6. The summed E-state index contributed by atoms with van der Waals surface area (Å²) in [6.45, 7) is -0.306. The van der Waals surface area contributed by atoms with Gasteiger partial charge in [-0.25, -0.2) is 0 Å². The summed E-state index contributed by atoms with van der Waals surface area (Å²) in [6, 6.07) is 20.0. The number of nitrogens with one attached hydrogen (secondary N) is 3. The van der Waals surface area contributed by atoms with Crippen molar-refractivity contribution in [2.24, 2.45) is 0 Å². The van der Waals surface area contributed by atoms with Crippen LogP contribution in [0.2, 0.25) is 10.0 Å². The van der Waals surface area contributed by atoms with Gasteiger partial charge in [-0.2, -0.15) is 0 Å². The summed E-state index contributed by atoms with van der Waals surface area (Å²) in [5.74, 6) is -1.000. The normalized spacial score (nSPS) is 10.3. The van der Waals surface area contributed by atoms with Crippen molar-refractivity contribution < 1.29 is 19.1 Å². The van der Waals surface area contributed by atoms with Crippen molar-refractivity contribution in [1.82, 2.24) is 10.9 Å². The maximum atomic E-state index is 12.0. The van der Waals surface area contributed by atoms with E-state index < -0.39 is 17.7 Å². The Balaban J connectivity index is 1.38. The van der Waals surface area contributed by atoms with Crippen LogP contribution < -0.4 is 20.9 Å². The molecule has 0 fully saturated rings. The average molecular weight is 565 g/mol. The highest BCUT2D eigenvalue weighted by atomic mass is 79.9. The van der Waals surface area contributed by atoms with E-state index in [1.165, 1.54) is 6.07 Å². The minimum atomic E-state index is -0.551. The van der Waals surface area contributed by atoms with Gasteiger partial charge in [0.15, 0.2) is 6.61 Å². The molecular weight excluding hydrogens is 545 g/mol. The van der Waals surface area contributed by atoms with Crippen LogP contribution in [0.25, 0.3) is 11.1 Å². The molecule has 3 aromatic carbocycles. The van der Waals surface area contributed by atoms with Crippen molar-refractivity contribution in [1.29, 1.82) is 0 Å². The van der Waals surface area contributed by atoms with E-state index in [1.54, 1.807) is 18.2 Å². The Morgan fingerprint density at radius 3 is 2.21 bits per heavy atom. The van der Waals surface area contributed by atoms with Crippen molar-refractivity contribution >= 4 is 62.5 Å². The van der Waals surface area contributed by atoms with E-state index in [-0.39, 0.29) is 19.4 Å². The van der Waals surface area contributed by atoms with Gasteiger partial charge in [0.1, 0.15) is 5.75 Å². The Kier molecular flexibility index (Phi) is 9.33. The first-order valence-electron chi connectivity index (χ1n) is 10.1. The molecule has 0 aliphatic rings. The van der Waals surface area contributed by atoms with E-state index in [1.807, 2.05) is 42.5 Å². The second-order valence-electron chi connectivity index (χ2n) is 7.07. The van der Waals surface area contributed by atoms with Gasteiger partial charge in [-0.3, -0.25) is 25.2 Å². The van der Waals surface area contributed by atoms with Gasteiger partial charge in [0.05, 0.1) is 15.2 Å². The molecule has 0 atom stereocenters. The fourth-order valence-electron chi connectivity index (χ4n) is 2.84. The van der Waals surface area contributed by atoms with Gasteiger partial charge in [0, 0.05) is 17.9 Å². The van der Waals surface area contributed by atoms with E-state index in [0.29, 0.717) is 26.0 Å². The van der Waals surface area contributed by atoms with Gasteiger partial charge < -0.3 is 10.1 Å². The SMILES string of the molecule is O=C(CCC(=O)Nc1ccc(Cl)cc1Cl)NNC(=O)COc1ccc(-c2ccccc2)cc1Br. The van der Waals surface area contributed by atoms with Gasteiger partial charge in [-0.15, -0.1) is 0 Å². The lowest BCUT2D eigenvalue weighted by atomic mass is 10.1. The van der Waals surface area contributed by atoms with Crippen LogP contribution in [-0.4, -0.2) is 24.3 Å². The summed E-state index contributed by atoms with van der Waals surface area (Å²) in [5, 5.41) is 3.33. The van der Waals surface area contributed by atoms with Crippen LogP contribution in [-0.2, 0) is 14.4 Å². The van der Waals surface area contributed by atoms with E-state index in [2.05, 4.69) is 32.1 Å². The Labute approximate surface area is 214 Å². The third kappa shape index (κ3) is 7.76. The minimum Gasteiger partial charge on any atom is -0.483 e. The first-order chi connectivity index (χ1) is 16.3. The fraction of sp³-hybridized carbons (Fsp3) is 0.125. The second-order valence-corrected chi connectivity index (χ2v) is 8.77. The lowest BCUT2D eigenvalue weighted by molar-refractivity contribution is -0.130. The number of rotatable bonds is 8. The molecule has 3 aromatic rings. The molecule has 0 saturated carbocycles. The summed E-state index contributed by atoms with van der Waals surface area (Å²) in [6.07, 6.45) is -0.234. The largest absolute Gasteiger partial charge is 0.483 e. The fourth-order valence-corrected chi connectivity index (χ4v) is 3.79.